The molecule has 1 aromatic carbocycles. The SMILES string of the molecule is CCOC(C)Oc1cccc(O)c1C(C)OCC. The molecule has 0 bridgehead atoms. The molecule has 4 nitrogen and oxygen atoms in total. The van der Waals surface area contributed by atoms with Crippen molar-refractivity contribution in [2.45, 2.75) is 40.1 Å². The van der Waals surface area contributed by atoms with Crippen LogP contribution in [-0.2, 0) is 9.47 Å². The van der Waals surface area contributed by atoms with Gasteiger partial charge in [0.05, 0.1) is 11.7 Å². The van der Waals surface area contributed by atoms with Gasteiger partial charge in [0.25, 0.3) is 0 Å². The van der Waals surface area contributed by atoms with E-state index in [2.05, 4.69) is 0 Å². The maximum atomic E-state index is 9.93. The van der Waals surface area contributed by atoms with Gasteiger partial charge in [-0.05, 0) is 39.8 Å². The van der Waals surface area contributed by atoms with Crippen LogP contribution in [0.25, 0.3) is 0 Å². The molecule has 102 valence electrons. The van der Waals surface area contributed by atoms with Crippen molar-refractivity contribution >= 4 is 0 Å². The summed E-state index contributed by atoms with van der Waals surface area (Å²) < 4.78 is 16.5. The van der Waals surface area contributed by atoms with Crippen LogP contribution in [0.5, 0.6) is 11.5 Å². The first-order valence-corrected chi connectivity index (χ1v) is 6.31. The molecule has 0 saturated carbocycles. The van der Waals surface area contributed by atoms with Crippen LogP contribution in [-0.4, -0.2) is 24.6 Å². The first-order chi connectivity index (χ1) is 8.60. The molecule has 0 spiro atoms. The summed E-state index contributed by atoms with van der Waals surface area (Å²) in [6, 6.07) is 5.18. The number of aromatic hydroxyl groups is 1. The van der Waals surface area contributed by atoms with Crippen molar-refractivity contribution in [3.63, 3.8) is 0 Å². The molecule has 0 aromatic heterocycles. The van der Waals surface area contributed by atoms with E-state index >= 15 is 0 Å². The standard InChI is InChI=1S/C14H22O4/c1-5-16-10(3)14-12(15)8-7-9-13(14)18-11(4)17-6-2/h7-11,15H,5-6H2,1-4H3. The van der Waals surface area contributed by atoms with E-state index < -0.39 is 0 Å². The van der Waals surface area contributed by atoms with Gasteiger partial charge in [0.15, 0.2) is 6.29 Å². The molecule has 0 fully saturated rings. The monoisotopic (exact) mass is 254 g/mol. The molecule has 18 heavy (non-hydrogen) atoms. The van der Waals surface area contributed by atoms with Gasteiger partial charge in [-0.25, -0.2) is 0 Å². The van der Waals surface area contributed by atoms with E-state index in [1.54, 1.807) is 18.2 Å². The third-order valence-corrected chi connectivity index (χ3v) is 2.56. The normalized spacial score (nSPS) is 14.2. The zero-order valence-electron chi connectivity index (χ0n) is 11.5. The Kier molecular flexibility index (Phi) is 5.95. The lowest BCUT2D eigenvalue weighted by Crippen LogP contribution is -2.17. The number of phenols is 1. The fourth-order valence-electron chi connectivity index (χ4n) is 1.82. The predicted octanol–water partition coefficient (Wildman–Crippen LogP) is 3.25. The van der Waals surface area contributed by atoms with Gasteiger partial charge in [0.2, 0.25) is 0 Å². The predicted molar refractivity (Wildman–Crippen MR) is 69.9 cm³/mol. The fourth-order valence-corrected chi connectivity index (χ4v) is 1.82. The molecular formula is C14H22O4. The van der Waals surface area contributed by atoms with Crippen LogP contribution in [0.1, 0.15) is 39.4 Å². The van der Waals surface area contributed by atoms with Gasteiger partial charge in [0.1, 0.15) is 11.5 Å². The summed E-state index contributed by atoms with van der Waals surface area (Å²) in [4.78, 5) is 0. The second-order valence-electron chi connectivity index (χ2n) is 3.93. The van der Waals surface area contributed by atoms with Crippen molar-refractivity contribution in [3.8, 4) is 11.5 Å². The van der Waals surface area contributed by atoms with Gasteiger partial charge in [-0.2, -0.15) is 0 Å². The molecule has 0 heterocycles. The van der Waals surface area contributed by atoms with E-state index in [-0.39, 0.29) is 18.1 Å². The largest absolute Gasteiger partial charge is 0.507 e. The molecule has 1 N–H and O–H groups in total. The molecule has 2 atom stereocenters. The Labute approximate surface area is 108 Å². The highest BCUT2D eigenvalue weighted by atomic mass is 16.7. The highest BCUT2D eigenvalue weighted by Gasteiger charge is 2.18. The van der Waals surface area contributed by atoms with E-state index in [9.17, 15) is 5.11 Å². The van der Waals surface area contributed by atoms with Crippen molar-refractivity contribution in [1.29, 1.82) is 0 Å². The van der Waals surface area contributed by atoms with Gasteiger partial charge < -0.3 is 19.3 Å². The van der Waals surface area contributed by atoms with Crippen molar-refractivity contribution in [2.75, 3.05) is 13.2 Å². The zero-order chi connectivity index (χ0) is 13.5. The summed E-state index contributed by atoms with van der Waals surface area (Å²) in [5.41, 5.74) is 0.658. The highest BCUT2D eigenvalue weighted by Crippen LogP contribution is 2.35. The quantitative estimate of drug-likeness (QED) is 0.759. The Morgan fingerprint density at radius 3 is 2.39 bits per heavy atom. The average molecular weight is 254 g/mol. The van der Waals surface area contributed by atoms with Crippen LogP contribution < -0.4 is 4.74 Å². The number of benzene rings is 1. The maximum absolute atomic E-state index is 9.93. The van der Waals surface area contributed by atoms with Crippen LogP contribution in [0.3, 0.4) is 0 Å². The van der Waals surface area contributed by atoms with Crippen LogP contribution in [0.15, 0.2) is 18.2 Å². The van der Waals surface area contributed by atoms with Gasteiger partial charge in [-0.1, -0.05) is 6.07 Å². The molecule has 1 aromatic rings. The minimum atomic E-state index is -0.357. The Bertz CT molecular complexity index is 365. The number of ether oxygens (including phenoxy) is 3. The van der Waals surface area contributed by atoms with E-state index in [0.29, 0.717) is 24.5 Å². The number of hydrogen-bond donors (Lipinski definition) is 1. The summed E-state index contributed by atoms with van der Waals surface area (Å²) in [5, 5.41) is 9.93. The smallest absolute Gasteiger partial charge is 0.196 e. The third kappa shape index (κ3) is 3.89. The topological polar surface area (TPSA) is 47.9 Å². The summed E-state index contributed by atoms with van der Waals surface area (Å²) in [7, 11) is 0. The van der Waals surface area contributed by atoms with Crippen LogP contribution in [0, 0.1) is 0 Å². The van der Waals surface area contributed by atoms with Gasteiger partial charge in [0, 0.05) is 13.2 Å². The Hall–Kier alpha value is -1.26. The van der Waals surface area contributed by atoms with E-state index in [1.165, 1.54) is 0 Å². The van der Waals surface area contributed by atoms with Gasteiger partial charge in [-0.15, -0.1) is 0 Å². The molecule has 2 unspecified atom stereocenters. The lowest BCUT2D eigenvalue weighted by molar-refractivity contribution is -0.0631. The molecule has 0 aliphatic heterocycles. The van der Waals surface area contributed by atoms with Gasteiger partial charge in [-0.3, -0.25) is 0 Å². The number of rotatable bonds is 7. The van der Waals surface area contributed by atoms with Crippen LogP contribution in [0.2, 0.25) is 0 Å². The minimum Gasteiger partial charge on any atom is -0.507 e. The van der Waals surface area contributed by atoms with Crippen molar-refractivity contribution in [2.24, 2.45) is 0 Å². The summed E-state index contributed by atoms with van der Waals surface area (Å²) in [5.74, 6) is 0.772. The summed E-state index contributed by atoms with van der Waals surface area (Å²) in [6.45, 7) is 8.69. The first kappa shape index (κ1) is 14.8. The van der Waals surface area contributed by atoms with Crippen LogP contribution in [0.4, 0.5) is 0 Å². The number of phenolic OH excluding ortho intramolecular Hbond substituents is 1. The molecule has 0 radical (unpaired) electrons. The molecular weight excluding hydrogens is 232 g/mol. The molecule has 4 heteroatoms. The third-order valence-electron chi connectivity index (χ3n) is 2.56. The summed E-state index contributed by atoms with van der Waals surface area (Å²) in [6.07, 6.45) is -0.579. The molecule has 1 rings (SSSR count). The first-order valence-electron chi connectivity index (χ1n) is 6.31. The van der Waals surface area contributed by atoms with Crippen molar-refractivity contribution in [1.82, 2.24) is 0 Å². The van der Waals surface area contributed by atoms with E-state index in [1.807, 2.05) is 27.7 Å². The maximum Gasteiger partial charge on any atom is 0.196 e. The second kappa shape index (κ2) is 7.24. The Balaban J connectivity index is 2.92. The van der Waals surface area contributed by atoms with Crippen molar-refractivity contribution < 1.29 is 19.3 Å². The zero-order valence-corrected chi connectivity index (χ0v) is 11.5. The lowest BCUT2D eigenvalue weighted by atomic mass is 10.1. The van der Waals surface area contributed by atoms with Crippen LogP contribution >= 0.6 is 0 Å². The Morgan fingerprint density at radius 2 is 1.78 bits per heavy atom. The second-order valence-corrected chi connectivity index (χ2v) is 3.93. The Morgan fingerprint density at radius 1 is 1.11 bits per heavy atom. The summed E-state index contributed by atoms with van der Waals surface area (Å²) >= 11 is 0. The minimum absolute atomic E-state index is 0.178. The molecule has 0 amide bonds. The molecule has 0 aliphatic rings. The van der Waals surface area contributed by atoms with Gasteiger partial charge >= 0.3 is 0 Å². The number of hydrogen-bond acceptors (Lipinski definition) is 4. The molecule has 0 aliphatic carbocycles. The van der Waals surface area contributed by atoms with E-state index in [4.69, 9.17) is 14.2 Å². The lowest BCUT2D eigenvalue weighted by Gasteiger charge is -2.21. The van der Waals surface area contributed by atoms with Crippen molar-refractivity contribution in [3.05, 3.63) is 23.8 Å². The highest BCUT2D eigenvalue weighted by molar-refractivity contribution is 5.45. The average Bonchev–Trinajstić information content (AvgIpc) is 2.29. The van der Waals surface area contributed by atoms with E-state index in [0.717, 1.165) is 0 Å². The molecule has 0 saturated heterocycles. The fraction of sp³-hybridized carbons (Fsp3) is 0.571.